The molecule has 0 radical (unpaired) electrons. The Morgan fingerprint density at radius 2 is 2.06 bits per heavy atom. The first-order chi connectivity index (χ1) is 8.29. The Labute approximate surface area is 100 Å². The number of benzene rings is 1. The highest BCUT2D eigenvalue weighted by Crippen LogP contribution is 2.06. The van der Waals surface area contributed by atoms with E-state index in [9.17, 15) is 4.79 Å². The summed E-state index contributed by atoms with van der Waals surface area (Å²) in [4.78, 5) is 11.6. The third-order valence-corrected chi connectivity index (χ3v) is 2.60. The highest BCUT2D eigenvalue weighted by molar-refractivity contribution is 5.91. The van der Waals surface area contributed by atoms with Gasteiger partial charge in [0.05, 0.1) is 6.26 Å². The fourth-order valence-electron chi connectivity index (χ4n) is 1.64. The molecule has 2 aromatic rings. The van der Waals surface area contributed by atoms with Gasteiger partial charge in [-0.15, -0.1) is 0 Å². The predicted octanol–water partition coefficient (Wildman–Crippen LogP) is 2.77. The maximum absolute atomic E-state index is 11.6. The number of nitrogens with one attached hydrogen (secondary N) is 1. The Balaban J connectivity index is 1.95. The van der Waals surface area contributed by atoms with Gasteiger partial charge in [-0.3, -0.25) is 4.79 Å². The van der Waals surface area contributed by atoms with Crippen LogP contribution >= 0.6 is 0 Å². The standard InChI is InChI=1S/C14H15NO2/c1-2-11-5-3-6-12(9-11)10-15-14(16)13-7-4-8-17-13/h3-9H,2,10H2,1H3,(H,15,16). The Bertz CT molecular complexity index is 489. The number of carbonyl (C=O) groups is 1. The lowest BCUT2D eigenvalue weighted by Gasteiger charge is -2.05. The SMILES string of the molecule is CCc1cccc(CNC(=O)c2ccco2)c1. The molecule has 0 spiro atoms. The van der Waals surface area contributed by atoms with Crippen LogP contribution in [0.15, 0.2) is 47.1 Å². The van der Waals surface area contributed by atoms with Gasteiger partial charge in [0.15, 0.2) is 5.76 Å². The van der Waals surface area contributed by atoms with Gasteiger partial charge in [0.25, 0.3) is 5.91 Å². The summed E-state index contributed by atoms with van der Waals surface area (Å²) in [5, 5.41) is 2.82. The molecular formula is C14H15NO2. The first-order valence-corrected chi connectivity index (χ1v) is 5.69. The van der Waals surface area contributed by atoms with Crippen LogP contribution in [0.1, 0.15) is 28.6 Å². The summed E-state index contributed by atoms with van der Waals surface area (Å²) in [7, 11) is 0. The first-order valence-electron chi connectivity index (χ1n) is 5.69. The first kappa shape index (κ1) is 11.5. The molecule has 2 rings (SSSR count). The Morgan fingerprint density at radius 1 is 1.24 bits per heavy atom. The minimum absolute atomic E-state index is 0.183. The van der Waals surface area contributed by atoms with Crippen molar-refractivity contribution in [1.29, 1.82) is 0 Å². The van der Waals surface area contributed by atoms with E-state index in [-0.39, 0.29) is 5.91 Å². The van der Waals surface area contributed by atoms with E-state index < -0.39 is 0 Å². The zero-order valence-electron chi connectivity index (χ0n) is 9.77. The molecule has 0 fully saturated rings. The number of furan rings is 1. The minimum Gasteiger partial charge on any atom is -0.459 e. The molecule has 0 saturated carbocycles. The second-order valence-corrected chi connectivity index (χ2v) is 3.83. The van der Waals surface area contributed by atoms with Crippen LogP contribution < -0.4 is 5.32 Å². The van der Waals surface area contributed by atoms with Crippen molar-refractivity contribution in [2.75, 3.05) is 0 Å². The third-order valence-electron chi connectivity index (χ3n) is 2.60. The van der Waals surface area contributed by atoms with E-state index in [1.165, 1.54) is 11.8 Å². The summed E-state index contributed by atoms with van der Waals surface area (Å²) in [6.07, 6.45) is 2.49. The van der Waals surface area contributed by atoms with Gasteiger partial charge in [0.1, 0.15) is 0 Å². The molecule has 0 aliphatic heterocycles. The van der Waals surface area contributed by atoms with Crippen LogP contribution in [0, 0.1) is 0 Å². The molecule has 1 N–H and O–H groups in total. The van der Waals surface area contributed by atoms with Crippen molar-refractivity contribution < 1.29 is 9.21 Å². The van der Waals surface area contributed by atoms with Crippen molar-refractivity contribution in [1.82, 2.24) is 5.32 Å². The summed E-state index contributed by atoms with van der Waals surface area (Å²) < 4.78 is 5.02. The molecule has 0 aliphatic carbocycles. The summed E-state index contributed by atoms with van der Waals surface area (Å²) in [6, 6.07) is 11.5. The van der Waals surface area contributed by atoms with Crippen LogP contribution in [0.2, 0.25) is 0 Å². The summed E-state index contributed by atoms with van der Waals surface area (Å²) in [5.41, 5.74) is 2.37. The van der Waals surface area contributed by atoms with Crippen LogP contribution in [-0.2, 0) is 13.0 Å². The van der Waals surface area contributed by atoms with E-state index >= 15 is 0 Å². The number of hydrogen-bond acceptors (Lipinski definition) is 2. The van der Waals surface area contributed by atoms with Crippen molar-refractivity contribution >= 4 is 5.91 Å². The van der Waals surface area contributed by atoms with Gasteiger partial charge in [-0.05, 0) is 29.7 Å². The lowest BCUT2D eigenvalue weighted by Crippen LogP contribution is -2.22. The van der Waals surface area contributed by atoms with Gasteiger partial charge >= 0.3 is 0 Å². The highest BCUT2D eigenvalue weighted by Gasteiger charge is 2.07. The van der Waals surface area contributed by atoms with Crippen LogP contribution in [0.25, 0.3) is 0 Å². The molecule has 88 valence electrons. The molecule has 0 bridgehead atoms. The zero-order chi connectivity index (χ0) is 12.1. The number of carbonyl (C=O) groups excluding carboxylic acids is 1. The fraction of sp³-hybridized carbons (Fsp3) is 0.214. The molecule has 1 aromatic carbocycles. The minimum atomic E-state index is -0.183. The van der Waals surface area contributed by atoms with E-state index in [1.54, 1.807) is 12.1 Å². The average Bonchev–Trinajstić information content (AvgIpc) is 2.90. The van der Waals surface area contributed by atoms with Crippen molar-refractivity contribution in [3.8, 4) is 0 Å². The Kier molecular flexibility index (Phi) is 3.60. The number of rotatable bonds is 4. The molecule has 0 unspecified atom stereocenters. The second-order valence-electron chi connectivity index (χ2n) is 3.83. The maximum Gasteiger partial charge on any atom is 0.287 e. The van der Waals surface area contributed by atoms with Gasteiger partial charge in [0.2, 0.25) is 0 Å². The van der Waals surface area contributed by atoms with Gasteiger partial charge in [-0.1, -0.05) is 31.2 Å². The van der Waals surface area contributed by atoms with Crippen LogP contribution in [0.4, 0.5) is 0 Å². The zero-order valence-corrected chi connectivity index (χ0v) is 9.77. The molecule has 0 aliphatic rings. The predicted molar refractivity (Wildman–Crippen MR) is 65.7 cm³/mol. The van der Waals surface area contributed by atoms with Crippen LogP contribution in [-0.4, -0.2) is 5.91 Å². The van der Waals surface area contributed by atoms with Gasteiger partial charge in [-0.25, -0.2) is 0 Å². The monoisotopic (exact) mass is 229 g/mol. The van der Waals surface area contributed by atoms with E-state index in [0.717, 1.165) is 12.0 Å². The van der Waals surface area contributed by atoms with Gasteiger partial charge < -0.3 is 9.73 Å². The summed E-state index contributed by atoms with van der Waals surface area (Å²) in [6.45, 7) is 2.63. The highest BCUT2D eigenvalue weighted by atomic mass is 16.3. The average molecular weight is 229 g/mol. The van der Waals surface area contributed by atoms with E-state index in [1.807, 2.05) is 12.1 Å². The van der Waals surface area contributed by atoms with Crippen LogP contribution in [0.3, 0.4) is 0 Å². The molecule has 1 aromatic heterocycles. The molecule has 0 saturated heterocycles. The molecular weight excluding hydrogens is 214 g/mol. The second kappa shape index (κ2) is 5.34. The molecule has 17 heavy (non-hydrogen) atoms. The molecule has 1 amide bonds. The summed E-state index contributed by atoms with van der Waals surface area (Å²) >= 11 is 0. The van der Waals surface area contributed by atoms with Crippen molar-refractivity contribution in [3.63, 3.8) is 0 Å². The van der Waals surface area contributed by atoms with Crippen molar-refractivity contribution in [2.24, 2.45) is 0 Å². The largest absolute Gasteiger partial charge is 0.459 e. The van der Waals surface area contributed by atoms with Crippen molar-refractivity contribution in [3.05, 3.63) is 59.5 Å². The quantitative estimate of drug-likeness (QED) is 0.875. The lowest BCUT2D eigenvalue weighted by molar-refractivity contribution is 0.0923. The Hall–Kier alpha value is -2.03. The summed E-state index contributed by atoms with van der Waals surface area (Å²) in [5.74, 6) is 0.161. The topological polar surface area (TPSA) is 42.2 Å². The molecule has 0 atom stereocenters. The number of aryl methyl sites for hydroxylation is 1. The van der Waals surface area contributed by atoms with Crippen LogP contribution in [0.5, 0.6) is 0 Å². The number of hydrogen-bond donors (Lipinski definition) is 1. The van der Waals surface area contributed by atoms with Gasteiger partial charge in [0, 0.05) is 6.54 Å². The smallest absolute Gasteiger partial charge is 0.287 e. The molecule has 1 heterocycles. The number of amides is 1. The molecule has 3 nitrogen and oxygen atoms in total. The Morgan fingerprint density at radius 3 is 2.76 bits per heavy atom. The fourth-order valence-corrected chi connectivity index (χ4v) is 1.64. The van der Waals surface area contributed by atoms with Crippen molar-refractivity contribution in [2.45, 2.75) is 19.9 Å². The van der Waals surface area contributed by atoms with Gasteiger partial charge in [-0.2, -0.15) is 0 Å². The van der Waals surface area contributed by atoms with E-state index in [4.69, 9.17) is 4.42 Å². The normalized spacial score (nSPS) is 10.2. The lowest BCUT2D eigenvalue weighted by atomic mass is 10.1. The van der Waals surface area contributed by atoms with E-state index in [2.05, 4.69) is 24.4 Å². The third kappa shape index (κ3) is 2.97. The maximum atomic E-state index is 11.6. The van der Waals surface area contributed by atoms with E-state index in [0.29, 0.717) is 12.3 Å². The molecule has 3 heteroatoms.